The van der Waals surface area contributed by atoms with Gasteiger partial charge in [-0.15, -0.1) is 0 Å². The third-order valence-electron chi connectivity index (χ3n) is 3.09. The molecule has 2 nitrogen and oxygen atoms in total. The molecule has 3 rings (SSSR count). The topological polar surface area (TPSA) is 33.0 Å². The molecule has 4 heteroatoms. The van der Waals surface area contributed by atoms with E-state index >= 15 is 0 Å². The molecule has 0 fully saturated rings. The van der Waals surface area contributed by atoms with Crippen LogP contribution in [0.3, 0.4) is 0 Å². The average Bonchev–Trinajstić information content (AvgIpc) is 2.50. The Kier molecular flexibility index (Phi) is 3.25. The molecular weight excluding hydrogens is 272 g/mol. The van der Waals surface area contributed by atoms with Crippen LogP contribution >= 0.6 is 0 Å². The predicted molar refractivity (Wildman–Crippen MR) is 75.1 cm³/mol. The highest BCUT2D eigenvalue weighted by Crippen LogP contribution is 2.33. The Labute approximate surface area is 119 Å². The second-order valence-electron chi connectivity index (χ2n) is 4.46. The minimum atomic E-state index is -0.903. The summed E-state index contributed by atoms with van der Waals surface area (Å²) >= 11 is 0. The maximum atomic E-state index is 13.9. The van der Waals surface area contributed by atoms with E-state index in [0.29, 0.717) is 5.75 Å². The first-order chi connectivity index (χ1) is 10.2. The van der Waals surface area contributed by atoms with Gasteiger partial charge in [0, 0.05) is 5.39 Å². The van der Waals surface area contributed by atoms with Gasteiger partial charge in [-0.2, -0.15) is 5.26 Å². The van der Waals surface area contributed by atoms with E-state index < -0.39 is 17.4 Å². The van der Waals surface area contributed by atoms with Gasteiger partial charge in [-0.05, 0) is 23.6 Å². The summed E-state index contributed by atoms with van der Waals surface area (Å²) in [6, 6.07) is 16.2. The number of hydrogen-bond donors (Lipinski definition) is 0. The fraction of sp³-hybridized carbons (Fsp3) is 0. The van der Waals surface area contributed by atoms with Crippen LogP contribution in [-0.4, -0.2) is 0 Å². The Morgan fingerprint density at radius 1 is 0.905 bits per heavy atom. The second-order valence-corrected chi connectivity index (χ2v) is 4.46. The van der Waals surface area contributed by atoms with Crippen molar-refractivity contribution in [2.45, 2.75) is 0 Å². The molecule has 0 aliphatic carbocycles. The van der Waals surface area contributed by atoms with Gasteiger partial charge in [-0.25, -0.2) is 8.78 Å². The SMILES string of the molecule is N#Cc1cc(F)c(Oc2cccc3ccccc23)c(F)c1. The highest BCUT2D eigenvalue weighted by molar-refractivity contribution is 5.88. The molecule has 21 heavy (non-hydrogen) atoms. The van der Waals surface area contributed by atoms with Gasteiger partial charge in [0.05, 0.1) is 11.6 Å². The largest absolute Gasteiger partial charge is 0.451 e. The van der Waals surface area contributed by atoms with Crippen molar-refractivity contribution < 1.29 is 13.5 Å². The average molecular weight is 281 g/mol. The van der Waals surface area contributed by atoms with Crippen LogP contribution in [-0.2, 0) is 0 Å². The molecule has 0 bridgehead atoms. The van der Waals surface area contributed by atoms with Crippen molar-refractivity contribution in [2.75, 3.05) is 0 Å². The fourth-order valence-corrected chi connectivity index (χ4v) is 2.12. The van der Waals surface area contributed by atoms with E-state index in [9.17, 15) is 8.78 Å². The maximum Gasteiger partial charge on any atom is 0.198 e. The van der Waals surface area contributed by atoms with Crippen LogP contribution in [0.4, 0.5) is 8.78 Å². The van der Waals surface area contributed by atoms with Crippen LogP contribution in [0.2, 0.25) is 0 Å². The fourth-order valence-electron chi connectivity index (χ4n) is 2.12. The van der Waals surface area contributed by atoms with Gasteiger partial charge < -0.3 is 4.74 Å². The van der Waals surface area contributed by atoms with Gasteiger partial charge >= 0.3 is 0 Å². The lowest BCUT2D eigenvalue weighted by Gasteiger charge is -2.10. The van der Waals surface area contributed by atoms with Crippen LogP contribution in [0.15, 0.2) is 54.6 Å². The predicted octanol–water partition coefficient (Wildman–Crippen LogP) is 4.78. The van der Waals surface area contributed by atoms with E-state index in [1.165, 1.54) is 0 Å². The molecule has 3 aromatic carbocycles. The molecule has 0 aliphatic heterocycles. The Morgan fingerprint density at radius 3 is 2.29 bits per heavy atom. The number of ether oxygens (including phenoxy) is 1. The zero-order chi connectivity index (χ0) is 14.8. The monoisotopic (exact) mass is 281 g/mol. The Balaban J connectivity index is 2.10. The van der Waals surface area contributed by atoms with E-state index in [4.69, 9.17) is 10.00 Å². The molecule has 0 amide bonds. The quantitative estimate of drug-likeness (QED) is 0.677. The van der Waals surface area contributed by atoms with E-state index in [1.54, 1.807) is 18.2 Å². The highest BCUT2D eigenvalue weighted by atomic mass is 19.1. The van der Waals surface area contributed by atoms with Crippen molar-refractivity contribution in [1.29, 1.82) is 5.26 Å². The van der Waals surface area contributed by atoms with E-state index in [1.807, 2.05) is 30.3 Å². The second kappa shape index (κ2) is 5.22. The van der Waals surface area contributed by atoms with Crippen LogP contribution in [0, 0.1) is 23.0 Å². The highest BCUT2D eigenvalue weighted by Gasteiger charge is 2.14. The number of hydrogen-bond acceptors (Lipinski definition) is 2. The van der Waals surface area contributed by atoms with Crippen LogP contribution in [0.1, 0.15) is 5.56 Å². The maximum absolute atomic E-state index is 13.9. The summed E-state index contributed by atoms with van der Waals surface area (Å²) in [5.41, 5.74) is -0.0877. The molecule has 102 valence electrons. The Bertz CT molecular complexity index is 840. The number of nitriles is 1. The molecule has 0 saturated carbocycles. The van der Waals surface area contributed by atoms with Crippen LogP contribution in [0.5, 0.6) is 11.5 Å². The first kappa shape index (κ1) is 13.1. The normalized spacial score (nSPS) is 10.3. The number of benzene rings is 3. The van der Waals surface area contributed by atoms with Crippen LogP contribution in [0.25, 0.3) is 10.8 Å². The summed E-state index contributed by atoms with van der Waals surface area (Å²) in [4.78, 5) is 0. The summed E-state index contributed by atoms with van der Waals surface area (Å²) in [6.07, 6.45) is 0. The van der Waals surface area contributed by atoms with Gasteiger partial charge in [0.15, 0.2) is 17.4 Å². The number of halogens is 2. The van der Waals surface area contributed by atoms with Gasteiger partial charge in [-0.1, -0.05) is 36.4 Å². The third kappa shape index (κ3) is 2.41. The summed E-state index contributed by atoms with van der Waals surface area (Å²) < 4.78 is 33.1. The summed E-state index contributed by atoms with van der Waals surface area (Å²) in [5.74, 6) is -1.96. The van der Waals surface area contributed by atoms with Gasteiger partial charge in [0.1, 0.15) is 5.75 Å². The molecule has 0 unspecified atom stereocenters. The van der Waals surface area contributed by atoms with E-state index in [0.717, 1.165) is 22.9 Å². The van der Waals surface area contributed by atoms with Crippen molar-refractivity contribution in [3.05, 3.63) is 71.8 Å². The zero-order valence-electron chi connectivity index (χ0n) is 10.8. The molecule has 0 aliphatic rings. The lowest BCUT2D eigenvalue weighted by molar-refractivity contribution is 0.410. The third-order valence-corrected chi connectivity index (χ3v) is 3.09. The van der Waals surface area contributed by atoms with Gasteiger partial charge in [0.25, 0.3) is 0 Å². The Morgan fingerprint density at radius 2 is 1.57 bits per heavy atom. The molecule has 0 saturated heterocycles. The van der Waals surface area contributed by atoms with Crippen molar-refractivity contribution in [3.63, 3.8) is 0 Å². The summed E-state index contributed by atoms with van der Waals surface area (Å²) in [6.45, 7) is 0. The minimum absolute atomic E-state index is 0.0877. The van der Waals surface area contributed by atoms with Crippen molar-refractivity contribution in [3.8, 4) is 17.6 Å². The first-order valence-corrected chi connectivity index (χ1v) is 6.24. The first-order valence-electron chi connectivity index (χ1n) is 6.24. The lowest BCUT2D eigenvalue weighted by Crippen LogP contribution is -1.94. The Hall–Kier alpha value is -2.93. The summed E-state index contributed by atoms with van der Waals surface area (Å²) in [5, 5.41) is 10.3. The zero-order valence-corrected chi connectivity index (χ0v) is 10.8. The smallest absolute Gasteiger partial charge is 0.198 e. The molecule has 0 spiro atoms. The van der Waals surface area contributed by atoms with Gasteiger partial charge in [-0.3, -0.25) is 0 Å². The molecular formula is C17H9F2NO. The van der Waals surface area contributed by atoms with Crippen molar-refractivity contribution >= 4 is 10.8 Å². The molecule has 0 aromatic heterocycles. The van der Waals surface area contributed by atoms with Crippen LogP contribution < -0.4 is 4.74 Å². The van der Waals surface area contributed by atoms with E-state index in [-0.39, 0.29) is 5.56 Å². The van der Waals surface area contributed by atoms with Crippen molar-refractivity contribution in [1.82, 2.24) is 0 Å². The lowest BCUT2D eigenvalue weighted by atomic mass is 10.1. The molecule has 0 radical (unpaired) electrons. The standard InChI is InChI=1S/C17H9F2NO/c18-14-8-11(10-20)9-15(19)17(14)21-16-7-3-5-12-4-1-2-6-13(12)16/h1-9H. The molecule has 0 heterocycles. The summed E-state index contributed by atoms with van der Waals surface area (Å²) in [7, 11) is 0. The number of fused-ring (bicyclic) bond motifs is 1. The number of nitrogens with zero attached hydrogens (tertiary/aromatic N) is 1. The van der Waals surface area contributed by atoms with Gasteiger partial charge in [0.2, 0.25) is 0 Å². The van der Waals surface area contributed by atoms with E-state index in [2.05, 4.69) is 0 Å². The minimum Gasteiger partial charge on any atom is -0.451 e. The van der Waals surface area contributed by atoms with Crippen molar-refractivity contribution in [2.24, 2.45) is 0 Å². The molecule has 3 aromatic rings. The molecule has 0 N–H and O–H groups in total. The molecule has 0 atom stereocenters. The number of rotatable bonds is 2.